The van der Waals surface area contributed by atoms with Crippen LogP contribution >= 0.6 is 0 Å². The van der Waals surface area contributed by atoms with Crippen LogP contribution in [0.2, 0.25) is 0 Å². The van der Waals surface area contributed by atoms with Gasteiger partial charge in [0.05, 0.1) is 0 Å². The van der Waals surface area contributed by atoms with E-state index in [9.17, 15) is 0 Å². The van der Waals surface area contributed by atoms with E-state index in [-0.39, 0.29) is 0 Å². The summed E-state index contributed by atoms with van der Waals surface area (Å²) < 4.78 is 0. The first-order chi connectivity index (χ1) is 9.13. The van der Waals surface area contributed by atoms with Crippen LogP contribution in [0.25, 0.3) is 0 Å². The molecule has 3 atom stereocenters. The Bertz CT molecular complexity index is 452. The minimum Gasteiger partial charge on any atom is -0.316 e. The van der Waals surface area contributed by atoms with E-state index in [1.807, 2.05) is 6.20 Å². The van der Waals surface area contributed by atoms with Gasteiger partial charge in [-0.25, -0.2) is 0 Å². The molecule has 19 heavy (non-hydrogen) atoms. The monoisotopic (exact) mass is 258 g/mol. The highest BCUT2D eigenvalue weighted by molar-refractivity contribution is 5.30. The fraction of sp³-hybridized carbons (Fsp3) is 0.706. The molecule has 1 aromatic rings. The van der Waals surface area contributed by atoms with Crippen molar-refractivity contribution in [1.29, 1.82) is 0 Å². The molecule has 3 unspecified atom stereocenters. The SMILES string of the molecule is CNC(C1CCc2cccnc21)C1CCCC1(C)C. The maximum atomic E-state index is 4.69. The molecule has 2 aliphatic rings. The summed E-state index contributed by atoms with van der Waals surface area (Å²) in [6.45, 7) is 4.90. The van der Waals surface area contributed by atoms with E-state index in [4.69, 9.17) is 0 Å². The Kier molecular flexibility index (Phi) is 3.38. The van der Waals surface area contributed by atoms with Crippen molar-refractivity contribution < 1.29 is 0 Å². The summed E-state index contributed by atoms with van der Waals surface area (Å²) >= 11 is 0. The van der Waals surface area contributed by atoms with Crippen LogP contribution in [-0.4, -0.2) is 18.1 Å². The maximum Gasteiger partial charge on any atom is 0.0482 e. The highest BCUT2D eigenvalue weighted by Gasteiger charge is 2.43. The first-order valence-corrected chi connectivity index (χ1v) is 7.74. The Morgan fingerprint density at radius 3 is 2.89 bits per heavy atom. The summed E-state index contributed by atoms with van der Waals surface area (Å²) in [6.07, 6.45) is 8.57. The summed E-state index contributed by atoms with van der Waals surface area (Å²) in [5.74, 6) is 1.40. The van der Waals surface area contributed by atoms with Crippen LogP contribution in [0.3, 0.4) is 0 Å². The molecule has 1 N–H and O–H groups in total. The van der Waals surface area contributed by atoms with Crippen molar-refractivity contribution in [3.63, 3.8) is 0 Å². The van der Waals surface area contributed by atoms with E-state index in [1.54, 1.807) is 0 Å². The van der Waals surface area contributed by atoms with Crippen LogP contribution in [0, 0.1) is 11.3 Å². The molecule has 0 radical (unpaired) electrons. The number of likely N-dealkylation sites (N-methyl/N-ethyl adjacent to an activating group) is 1. The standard InChI is InChI=1S/C17H26N2/c1-17(2)10-4-7-14(17)16(18-3)13-9-8-12-6-5-11-19-15(12)13/h5-6,11,13-14,16,18H,4,7-10H2,1-3H3. The Morgan fingerprint density at radius 1 is 1.37 bits per heavy atom. The highest BCUT2D eigenvalue weighted by Crippen LogP contribution is 2.49. The lowest BCUT2D eigenvalue weighted by molar-refractivity contribution is 0.181. The molecule has 2 nitrogen and oxygen atoms in total. The first-order valence-electron chi connectivity index (χ1n) is 7.74. The molecule has 0 amide bonds. The normalized spacial score (nSPS) is 30.3. The third-order valence-corrected chi connectivity index (χ3v) is 5.54. The first kappa shape index (κ1) is 13.1. The number of hydrogen-bond donors (Lipinski definition) is 1. The Morgan fingerprint density at radius 2 is 2.21 bits per heavy atom. The van der Waals surface area contributed by atoms with Gasteiger partial charge < -0.3 is 5.32 Å². The smallest absolute Gasteiger partial charge is 0.0482 e. The molecule has 2 aliphatic carbocycles. The van der Waals surface area contributed by atoms with E-state index in [0.717, 1.165) is 5.92 Å². The lowest BCUT2D eigenvalue weighted by Gasteiger charge is -2.37. The van der Waals surface area contributed by atoms with E-state index in [2.05, 4.69) is 43.3 Å². The fourth-order valence-corrected chi connectivity index (χ4v) is 4.50. The van der Waals surface area contributed by atoms with Gasteiger partial charge in [-0.3, -0.25) is 4.98 Å². The van der Waals surface area contributed by atoms with Crippen molar-refractivity contribution in [2.45, 2.75) is 57.9 Å². The van der Waals surface area contributed by atoms with Gasteiger partial charge in [-0.05, 0) is 55.7 Å². The van der Waals surface area contributed by atoms with Crippen LogP contribution in [0.15, 0.2) is 18.3 Å². The van der Waals surface area contributed by atoms with E-state index >= 15 is 0 Å². The quantitative estimate of drug-likeness (QED) is 0.897. The molecule has 1 saturated carbocycles. The third kappa shape index (κ3) is 2.20. The number of aryl methyl sites for hydroxylation is 1. The summed E-state index contributed by atoms with van der Waals surface area (Å²) in [6, 6.07) is 4.93. The number of fused-ring (bicyclic) bond motifs is 1. The molecule has 1 fully saturated rings. The van der Waals surface area contributed by atoms with Crippen LogP contribution in [-0.2, 0) is 6.42 Å². The molecule has 1 aromatic heterocycles. The zero-order chi connectivity index (χ0) is 13.5. The van der Waals surface area contributed by atoms with E-state index < -0.39 is 0 Å². The molecule has 1 heterocycles. The lowest BCUT2D eigenvalue weighted by Crippen LogP contribution is -2.42. The molecular formula is C17H26N2. The summed E-state index contributed by atoms with van der Waals surface area (Å²) in [5.41, 5.74) is 3.32. The van der Waals surface area contributed by atoms with E-state index in [1.165, 1.54) is 43.4 Å². The molecule has 104 valence electrons. The second-order valence-corrected chi connectivity index (χ2v) is 6.99. The van der Waals surface area contributed by atoms with Crippen LogP contribution in [0.4, 0.5) is 0 Å². The van der Waals surface area contributed by atoms with Gasteiger partial charge >= 0.3 is 0 Å². The highest BCUT2D eigenvalue weighted by atomic mass is 14.9. The van der Waals surface area contributed by atoms with Crippen molar-refractivity contribution in [3.05, 3.63) is 29.6 Å². The average Bonchev–Trinajstić information content (AvgIpc) is 2.96. The minimum atomic E-state index is 0.477. The number of rotatable bonds is 3. The van der Waals surface area contributed by atoms with Gasteiger partial charge in [0, 0.05) is 23.9 Å². The Labute approximate surface area is 117 Å². The number of hydrogen-bond acceptors (Lipinski definition) is 2. The average molecular weight is 258 g/mol. The number of nitrogens with zero attached hydrogens (tertiary/aromatic N) is 1. The lowest BCUT2D eigenvalue weighted by atomic mass is 9.73. The second kappa shape index (κ2) is 4.90. The summed E-state index contributed by atoms with van der Waals surface area (Å²) in [4.78, 5) is 4.69. The molecule has 0 saturated heterocycles. The summed E-state index contributed by atoms with van der Waals surface area (Å²) in [7, 11) is 2.14. The van der Waals surface area contributed by atoms with Gasteiger partial charge in [0.25, 0.3) is 0 Å². The second-order valence-electron chi connectivity index (χ2n) is 6.99. The molecule has 0 spiro atoms. The van der Waals surface area contributed by atoms with Gasteiger partial charge in [-0.2, -0.15) is 0 Å². The molecule has 3 rings (SSSR count). The van der Waals surface area contributed by atoms with Crippen molar-refractivity contribution in [2.24, 2.45) is 11.3 Å². The van der Waals surface area contributed by atoms with Gasteiger partial charge in [-0.1, -0.05) is 26.3 Å². The van der Waals surface area contributed by atoms with E-state index in [0.29, 0.717) is 17.4 Å². The largest absolute Gasteiger partial charge is 0.316 e. The predicted octanol–water partition coefficient (Wildman–Crippen LogP) is 3.53. The number of aromatic nitrogens is 1. The molecule has 2 heteroatoms. The van der Waals surface area contributed by atoms with Crippen molar-refractivity contribution >= 4 is 0 Å². The maximum absolute atomic E-state index is 4.69. The topological polar surface area (TPSA) is 24.9 Å². The third-order valence-electron chi connectivity index (χ3n) is 5.54. The molecule has 0 bridgehead atoms. The Balaban J connectivity index is 1.88. The molecule has 0 aliphatic heterocycles. The number of pyridine rings is 1. The van der Waals surface area contributed by atoms with Gasteiger partial charge in [0.1, 0.15) is 0 Å². The fourth-order valence-electron chi connectivity index (χ4n) is 4.50. The Hall–Kier alpha value is -0.890. The number of nitrogens with one attached hydrogen (secondary N) is 1. The van der Waals surface area contributed by atoms with Crippen LogP contribution in [0.1, 0.15) is 56.7 Å². The van der Waals surface area contributed by atoms with Gasteiger partial charge in [0.2, 0.25) is 0 Å². The molecule has 0 aromatic carbocycles. The zero-order valence-electron chi connectivity index (χ0n) is 12.4. The van der Waals surface area contributed by atoms with Crippen molar-refractivity contribution in [1.82, 2.24) is 10.3 Å². The molecular weight excluding hydrogens is 232 g/mol. The van der Waals surface area contributed by atoms with Gasteiger partial charge in [-0.15, -0.1) is 0 Å². The van der Waals surface area contributed by atoms with Crippen LogP contribution in [0.5, 0.6) is 0 Å². The van der Waals surface area contributed by atoms with Crippen LogP contribution < -0.4 is 5.32 Å². The zero-order valence-corrected chi connectivity index (χ0v) is 12.4. The summed E-state index contributed by atoms with van der Waals surface area (Å²) in [5, 5.41) is 3.64. The predicted molar refractivity (Wildman–Crippen MR) is 79.3 cm³/mol. The van der Waals surface area contributed by atoms with Crippen molar-refractivity contribution in [3.8, 4) is 0 Å². The van der Waals surface area contributed by atoms with Crippen molar-refractivity contribution in [2.75, 3.05) is 7.05 Å². The van der Waals surface area contributed by atoms with Gasteiger partial charge in [0.15, 0.2) is 0 Å². The minimum absolute atomic E-state index is 0.477.